The van der Waals surface area contributed by atoms with Gasteiger partial charge in [-0.15, -0.1) is 0 Å². The van der Waals surface area contributed by atoms with Crippen LogP contribution in [-0.2, 0) is 19.3 Å². The van der Waals surface area contributed by atoms with E-state index in [1.807, 2.05) is 31.2 Å². The molecule has 1 saturated heterocycles. The molecule has 1 aliphatic heterocycles. The molecule has 4 rings (SSSR count). The van der Waals surface area contributed by atoms with Gasteiger partial charge >= 0.3 is 12.2 Å². The first kappa shape index (κ1) is 22.1. The Balaban J connectivity index is 1.30. The summed E-state index contributed by atoms with van der Waals surface area (Å²) < 4.78 is 41.4. The molecular formula is C22H25F3N6O. The van der Waals surface area contributed by atoms with E-state index in [-0.39, 0.29) is 23.7 Å². The third-order valence-corrected chi connectivity index (χ3v) is 5.62. The minimum absolute atomic E-state index is 0.127. The lowest BCUT2D eigenvalue weighted by atomic mass is 10.1. The second-order valence-electron chi connectivity index (χ2n) is 7.90. The number of piperazine rings is 1. The molecule has 0 saturated carbocycles. The van der Waals surface area contributed by atoms with Gasteiger partial charge in [0.15, 0.2) is 5.65 Å². The van der Waals surface area contributed by atoms with E-state index in [0.717, 1.165) is 15.7 Å². The predicted molar refractivity (Wildman–Crippen MR) is 114 cm³/mol. The van der Waals surface area contributed by atoms with Crippen molar-refractivity contribution < 1.29 is 18.0 Å². The van der Waals surface area contributed by atoms with E-state index in [9.17, 15) is 18.0 Å². The number of benzene rings is 1. The highest BCUT2D eigenvalue weighted by atomic mass is 19.4. The van der Waals surface area contributed by atoms with Gasteiger partial charge in [0.05, 0.1) is 0 Å². The van der Waals surface area contributed by atoms with Gasteiger partial charge in [-0.05, 0) is 24.6 Å². The van der Waals surface area contributed by atoms with Crippen LogP contribution in [0.2, 0.25) is 0 Å². The van der Waals surface area contributed by atoms with E-state index < -0.39 is 12.0 Å². The highest BCUT2D eigenvalue weighted by molar-refractivity contribution is 5.74. The Kier molecular flexibility index (Phi) is 6.31. The van der Waals surface area contributed by atoms with Crippen LogP contribution in [-0.4, -0.2) is 63.1 Å². The SMILES string of the molecule is Cc1ccc(CNC(=O)N2CCN(CCn3c(C(F)(F)F)nc4cccnc43)CC2)cc1. The van der Waals surface area contributed by atoms with Crippen LogP contribution in [0.5, 0.6) is 0 Å². The summed E-state index contributed by atoms with van der Waals surface area (Å²) >= 11 is 0. The standard InChI is InChI=1S/C22H25F3N6O/c1-16-4-6-17(7-5-16)15-27-21(32)30-12-9-29(10-13-30)11-14-31-19-18(3-2-8-26-19)28-20(31)22(23,24)25/h2-8H,9-15H2,1H3,(H,27,32). The molecule has 1 aromatic carbocycles. The van der Waals surface area contributed by atoms with E-state index in [1.54, 1.807) is 11.0 Å². The third kappa shape index (κ3) is 5.01. The van der Waals surface area contributed by atoms with Gasteiger partial charge in [-0.1, -0.05) is 29.8 Å². The molecule has 2 aromatic heterocycles. The summed E-state index contributed by atoms with van der Waals surface area (Å²) in [6.45, 7) is 5.26. The van der Waals surface area contributed by atoms with Crippen LogP contribution in [0.15, 0.2) is 42.6 Å². The fourth-order valence-corrected chi connectivity index (χ4v) is 3.80. The normalized spacial score (nSPS) is 15.3. The van der Waals surface area contributed by atoms with Crippen LogP contribution in [0.3, 0.4) is 0 Å². The van der Waals surface area contributed by atoms with Gasteiger partial charge in [0.1, 0.15) is 5.52 Å². The van der Waals surface area contributed by atoms with Crippen LogP contribution in [0.4, 0.5) is 18.0 Å². The first-order valence-corrected chi connectivity index (χ1v) is 10.5. The van der Waals surface area contributed by atoms with E-state index >= 15 is 0 Å². The topological polar surface area (TPSA) is 66.3 Å². The van der Waals surface area contributed by atoms with Crippen LogP contribution >= 0.6 is 0 Å². The number of alkyl halides is 3. The zero-order valence-electron chi connectivity index (χ0n) is 17.8. The Hall–Kier alpha value is -3.14. The Morgan fingerprint density at radius 3 is 2.47 bits per heavy atom. The van der Waals surface area contributed by atoms with Crippen LogP contribution in [0.1, 0.15) is 17.0 Å². The second kappa shape index (κ2) is 9.15. The van der Waals surface area contributed by atoms with E-state index in [4.69, 9.17) is 0 Å². The summed E-state index contributed by atoms with van der Waals surface area (Å²) in [7, 11) is 0. The van der Waals surface area contributed by atoms with Gasteiger partial charge in [-0.2, -0.15) is 13.2 Å². The molecule has 1 N–H and O–H groups in total. The summed E-state index contributed by atoms with van der Waals surface area (Å²) in [6, 6.07) is 10.9. The number of amides is 2. The lowest BCUT2D eigenvalue weighted by molar-refractivity contribution is -0.147. The molecule has 3 heterocycles. The Morgan fingerprint density at radius 2 is 1.78 bits per heavy atom. The number of hydrogen-bond acceptors (Lipinski definition) is 4. The number of aromatic nitrogens is 3. The van der Waals surface area contributed by atoms with Crippen molar-refractivity contribution in [2.24, 2.45) is 0 Å². The number of imidazole rings is 1. The van der Waals surface area contributed by atoms with Crippen molar-refractivity contribution in [1.82, 2.24) is 29.7 Å². The Bertz CT molecular complexity index is 1070. The molecule has 10 heteroatoms. The minimum Gasteiger partial charge on any atom is -0.334 e. The number of aryl methyl sites for hydroxylation is 1. The quantitative estimate of drug-likeness (QED) is 0.653. The van der Waals surface area contributed by atoms with Gasteiger partial charge in [0.25, 0.3) is 0 Å². The third-order valence-electron chi connectivity index (χ3n) is 5.62. The molecular weight excluding hydrogens is 421 g/mol. The molecule has 7 nitrogen and oxygen atoms in total. The molecule has 0 bridgehead atoms. The maximum Gasteiger partial charge on any atom is 0.449 e. The minimum atomic E-state index is -4.55. The highest BCUT2D eigenvalue weighted by Crippen LogP contribution is 2.30. The van der Waals surface area contributed by atoms with E-state index in [0.29, 0.717) is 39.3 Å². The molecule has 32 heavy (non-hydrogen) atoms. The summed E-state index contributed by atoms with van der Waals surface area (Å²) in [5, 5.41) is 2.92. The molecule has 3 aromatic rings. The first-order chi connectivity index (χ1) is 15.3. The zero-order valence-corrected chi connectivity index (χ0v) is 17.8. The number of fused-ring (bicyclic) bond motifs is 1. The number of carbonyl (C=O) groups excluding carboxylic acids is 1. The zero-order chi connectivity index (χ0) is 22.7. The van der Waals surface area contributed by atoms with Crippen LogP contribution < -0.4 is 5.32 Å². The smallest absolute Gasteiger partial charge is 0.334 e. The van der Waals surface area contributed by atoms with Crippen molar-refractivity contribution in [2.45, 2.75) is 26.2 Å². The first-order valence-electron chi connectivity index (χ1n) is 10.5. The fraction of sp³-hybridized carbons (Fsp3) is 0.409. The van der Waals surface area contributed by atoms with E-state index in [1.165, 1.54) is 12.3 Å². The summed E-state index contributed by atoms with van der Waals surface area (Å²) in [6.07, 6.45) is -3.08. The molecule has 1 aliphatic rings. The largest absolute Gasteiger partial charge is 0.449 e. The Labute approximate surface area is 183 Å². The monoisotopic (exact) mass is 446 g/mol. The molecule has 0 aliphatic carbocycles. The number of urea groups is 1. The van der Waals surface area contributed by atoms with Crippen molar-refractivity contribution >= 4 is 17.2 Å². The molecule has 0 unspecified atom stereocenters. The Morgan fingerprint density at radius 1 is 1.06 bits per heavy atom. The number of rotatable bonds is 5. The molecule has 2 amide bonds. The number of pyridine rings is 1. The summed E-state index contributed by atoms with van der Waals surface area (Å²) in [4.78, 5) is 24.0. The molecule has 1 fully saturated rings. The van der Waals surface area contributed by atoms with Crippen molar-refractivity contribution in [3.05, 3.63) is 59.5 Å². The predicted octanol–water partition coefficient (Wildman–Crippen LogP) is 3.29. The van der Waals surface area contributed by atoms with Gasteiger partial charge < -0.3 is 14.8 Å². The van der Waals surface area contributed by atoms with E-state index in [2.05, 4.69) is 20.2 Å². The average molecular weight is 446 g/mol. The lowest BCUT2D eigenvalue weighted by Crippen LogP contribution is -2.52. The van der Waals surface area contributed by atoms with Crippen molar-refractivity contribution in [2.75, 3.05) is 32.7 Å². The van der Waals surface area contributed by atoms with Crippen LogP contribution in [0, 0.1) is 6.92 Å². The van der Waals surface area contributed by atoms with Gasteiger partial charge in [-0.3, -0.25) is 4.90 Å². The number of halogens is 3. The summed E-state index contributed by atoms with van der Waals surface area (Å²) in [5.74, 6) is -0.930. The van der Waals surface area contributed by atoms with Gasteiger partial charge in [0.2, 0.25) is 5.82 Å². The molecule has 0 spiro atoms. The maximum absolute atomic E-state index is 13.4. The van der Waals surface area contributed by atoms with Crippen molar-refractivity contribution in [3.8, 4) is 0 Å². The molecule has 0 atom stereocenters. The summed E-state index contributed by atoms with van der Waals surface area (Å²) in [5.41, 5.74) is 2.66. The van der Waals surface area contributed by atoms with Crippen molar-refractivity contribution in [1.29, 1.82) is 0 Å². The molecule has 0 radical (unpaired) electrons. The lowest BCUT2D eigenvalue weighted by Gasteiger charge is -2.34. The van der Waals surface area contributed by atoms with Gasteiger partial charge in [0, 0.05) is 52.0 Å². The number of hydrogen-bond donors (Lipinski definition) is 1. The fourth-order valence-electron chi connectivity index (χ4n) is 3.80. The average Bonchev–Trinajstić information content (AvgIpc) is 3.17. The number of carbonyl (C=O) groups is 1. The number of nitrogens with one attached hydrogen (secondary N) is 1. The van der Waals surface area contributed by atoms with Crippen LogP contribution in [0.25, 0.3) is 11.2 Å². The second-order valence-corrected chi connectivity index (χ2v) is 7.90. The van der Waals surface area contributed by atoms with Gasteiger partial charge in [-0.25, -0.2) is 14.8 Å². The maximum atomic E-state index is 13.4. The molecule has 170 valence electrons. The number of nitrogens with zero attached hydrogens (tertiary/aromatic N) is 5. The highest BCUT2D eigenvalue weighted by Gasteiger charge is 2.38. The van der Waals surface area contributed by atoms with Crippen molar-refractivity contribution in [3.63, 3.8) is 0 Å².